The highest BCUT2D eigenvalue weighted by Crippen LogP contribution is 2.27. The normalized spacial score (nSPS) is 12.0. The van der Waals surface area contributed by atoms with E-state index in [2.05, 4.69) is 12.1 Å². The van der Waals surface area contributed by atoms with Gasteiger partial charge < -0.3 is 10.2 Å². The highest BCUT2D eigenvalue weighted by molar-refractivity contribution is 5.53. The Morgan fingerprint density at radius 2 is 1.15 bits per heavy atom. The number of hydrogen-bond donors (Lipinski definition) is 2. The number of carbonyl (C=O) groups is 1. The topological polar surface area (TPSA) is 76.0 Å². The van der Waals surface area contributed by atoms with Crippen LogP contribution in [0, 0.1) is 0 Å². The summed E-state index contributed by atoms with van der Waals surface area (Å²) in [6.07, 6.45) is 0.132. The molecule has 2 aromatic rings. The quantitative estimate of drug-likeness (QED) is 0.720. The molecule has 0 saturated heterocycles. The standard InChI is InChI=1S/C14H12O2.CH2O3/c1-3-7-13-11(5-1)9-10-12-6-2-4-8-14(12)16-15-13;2-1(3)4/h1-8H,9-10H2;(H2,2,3,4). The molecule has 1 heterocycles. The van der Waals surface area contributed by atoms with E-state index in [4.69, 9.17) is 24.8 Å². The summed E-state index contributed by atoms with van der Waals surface area (Å²) < 4.78 is 0. The first-order valence-electron chi connectivity index (χ1n) is 6.09. The van der Waals surface area contributed by atoms with E-state index in [0.717, 1.165) is 24.3 Å². The summed E-state index contributed by atoms with van der Waals surface area (Å²) in [5.74, 6) is 1.63. The molecule has 0 aliphatic carbocycles. The van der Waals surface area contributed by atoms with Crippen LogP contribution in [-0.2, 0) is 12.8 Å². The molecule has 2 N–H and O–H groups in total. The van der Waals surface area contributed by atoms with Gasteiger partial charge in [-0.1, -0.05) is 36.4 Å². The van der Waals surface area contributed by atoms with Crippen LogP contribution >= 0.6 is 0 Å². The minimum atomic E-state index is -1.83. The van der Waals surface area contributed by atoms with E-state index in [9.17, 15) is 0 Å². The van der Waals surface area contributed by atoms with Gasteiger partial charge in [-0.05, 0) is 36.1 Å². The van der Waals surface area contributed by atoms with E-state index < -0.39 is 6.16 Å². The molecule has 1 aliphatic rings. The third-order valence-electron chi connectivity index (χ3n) is 2.83. The van der Waals surface area contributed by atoms with Crippen LogP contribution in [0.5, 0.6) is 11.5 Å². The van der Waals surface area contributed by atoms with Gasteiger partial charge in [-0.15, -0.1) is 0 Å². The molecule has 0 saturated carbocycles. The van der Waals surface area contributed by atoms with Crippen LogP contribution in [0.4, 0.5) is 4.79 Å². The fourth-order valence-electron chi connectivity index (χ4n) is 1.94. The van der Waals surface area contributed by atoms with E-state index in [-0.39, 0.29) is 0 Å². The second kappa shape index (κ2) is 6.47. The number of benzene rings is 2. The molecule has 5 nitrogen and oxygen atoms in total. The molecule has 0 atom stereocenters. The van der Waals surface area contributed by atoms with Crippen molar-refractivity contribution in [3.05, 3.63) is 59.7 Å². The van der Waals surface area contributed by atoms with Gasteiger partial charge in [0, 0.05) is 0 Å². The lowest BCUT2D eigenvalue weighted by atomic mass is 10.0. The number of aryl methyl sites for hydroxylation is 2. The van der Waals surface area contributed by atoms with Crippen LogP contribution in [0.3, 0.4) is 0 Å². The summed E-state index contributed by atoms with van der Waals surface area (Å²) in [4.78, 5) is 19.3. The molecule has 1 aliphatic heterocycles. The molecule has 0 aromatic heterocycles. The lowest BCUT2D eigenvalue weighted by Gasteiger charge is -2.16. The smallest absolute Gasteiger partial charge is 0.450 e. The number of hydrogen-bond acceptors (Lipinski definition) is 3. The van der Waals surface area contributed by atoms with Gasteiger partial charge in [-0.25, -0.2) is 4.79 Å². The summed E-state index contributed by atoms with van der Waals surface area (Å²) in [6.45, 7) is 0. The maximum atomic E-state index is 8.56. The maximum absolute atomic E-state index is 8.56. The van der Waals surface area contributed by atoms with Crippen molar-refractivity contribution in [3.8, 4) is 11.5 Å². The van der Waals surface area contributed by atoms with Crippen LogP contribution in [-0.4, -0.2) is 16.4 Å². The van der Waals surface area contributed by atoms with Crippen molar-refractivity contribution in [3.63, 3.8) is 0 Å². The van der Waals surface area contributed by atoms with Crippen LogP contribution in [0.1, 0.15) is 11.1 Å². The summed E-state index contributed by atoms with van der Waals surface area (Å²) >= 11 is 0. The Morgan fingerprint density at radius 3 is 1.55 bits per heavy atom. The Hall–Kier alpha value is -2.69. The van der Waals surface area contributed by atoms with E-state index in [1.54, 1.807) is 0 Å². The Morgan fingerprint density at radius 1 is 0.800 bits per heavy atom. The van der Waals surface area contributed by atoms with Crippen LogP contribution in [0.2, 0.25) is 0 Å². The van der Waals surface area contributed by atoms with Gasteiger partial charge in [0.1, 0.15) is 0 Å². The van der Waals surface area contributed by atoms with Crippen LogP contribution in [0.15, 0.2) is 48.5 Å². The number of carboxylic acid groups (broad SMARTS) is 2. The predicted octanol–water partition coefficient (Wildman–Crippen LogP) is 3.38. The predicted molar refractivity (Wildman–Crippen MR) is 72.2 cm³/mol. The molecule has 5 heteroatoms. The highest BCUT2D eigenvalue weighted by atomic mass is 17.2. The minimum Gasteiger partial charge on any atom is -0.450 e. The van der Waals surface area contributed by atoms with Crippen molar-refractivity contribution in [1.82, 2.24) is 0 Å². The van der Waals surface area contributed by atoms with Crippen LogP contribution in [0.25, 0.3) is 0 Å². The Kier molecular flexibility index (Phi) is 4.44. The second-order valence-electron chi connectivity index (χ2n) is 4.16. The lowest BCUT2D eigenvalue weighted by molar-refractivity contribution is -0.102. The third-order valence-corrected chi connectivity index (χ3v) is 2.83. The zero-order valence-corrected chi connectivity index (χ0v) is 10.7. The number of rotatable bonds is 0. The van der Waals surface area contributed by atoms with Gasteiger partial charge in [-0.3, -0.25) is 9.78 Å². The first kappa shape index (κ1) is 13.7. The molecular formula is C15H14O5. The molecule has 0 amide bonds. The average molecular weight is 274 g/mol. The molecule has 0 spiro atoms. The van der Waals surface area contributed by atoms with Crippen molar-refractivity contribution >= 4 is 6.16 Å². The van der Waals surface area contributed by atoms with Gasteiger partial charge in [-0.2, -0.15) is 0 Å². The first-order valence-corrected chi connectivity index (χ1v) is 6.09. The molecule has 0 fully saturated rings. The Labute approximate surface area is 115 Å². The summed E-state index contributed by atoms with van der Waals surface area (Å²) in [7, 11) is 0. The molecule has 0 bridgehead atoms. The lowest BCUT2D eigenvalue weighted by Crippen LogP contribution is -2.09. The maximum Gasteiger partial charge on any atom is 0.503 e. The average Bonchev–Trinajstić information content (AvgIpc) is 2.41. The monoisotopic (exact) mass is 274 g/mol. The fourth-order valence-corrected chi connectivity index (χ4v) is 1.94. The van der Waals surface area contributed by atoms with Gasteiger partial charge in [0.05, 0.1) is 0 Å². The van der Waals surface area contributed by atoms with Crippen LogP contribution < -0.4 is 9.78 Å². The molecule has 3 rings (SSSR count). The fraction of sp³-hybridized carbons (Fsp3) is 0.133. The molecule has 2 aromatic carbocycles. The second-order valence-corrected chi connectivity index (χ2v) is 4.16. The van der Waals surface area contributed by atoms with Gasteiger partial charge >= 0.3 is 6.16 Å². The van der Waals surface area contributed by atoms with Crippen molar-refractivity contribution in [2.24, 2.45) is 0 Å². The largest absolute Gasteiger partial charge is 0.503 e. The molecule has 0 radical (unpaired) electrons. The molecule has 0 unspecified atom stereocenters. The third kappa shape index (κ3) is 3.65. The zero-order chi connectivity index (χ0) is 14.4. The van der Waals surface area contributed by atoms with E-state index in [0.29, 0.717) is 0 Å². The minimum absolute atomic E-state index is 0.817. The SMILES string of the molecule is O=C(O)O.c1ccc2c(c1)CCc1ccccc1OO2. The van der Waals surface area contributed by atoms with Gasteiger partial charge in [0.2, 0.25) is 0 Å². The Bertz CT molecular complexity index is 497. The van der Waals surface area contributed by atoms with Crippen molar-refractivity contribution in [1.29, 1.82) is 0 Å². The van der Waals surface area contributed by atoms with Gasteiger partial charge in [0.15, 0.2) is 11.5 Å². The summed E-state index contributed by atoms with van der Waals surface area (Å²) in [5.41, 5.74) is 2.38. The van der Waals surface area contributed by atoms with Gasteiger partial charge in [0.25, 0.3) is 0 Å². The van der Waals surface area contributed by atoms with Crippen molar-refractivity contribution < 1.29 is 24.8 Å². The number of para-hydroxylation sites is 2. The zero-order valence-electron chi connectivity index (χ0n) is 10.7. The van der Waals surface area contributed by atoms with E-state index >= 15 is 0 Å². The molecule has 104 valence electrons. The van der Waals surface area contributed by atoms with Crippen molar-refractivity contribution in [2.75, 3.05) is 0 Å². The summed E-state index contributed by atoms with van der Waals surface area (Å²) in [5, 5.41) is 13.9. The van der Waals surface area contributed by atoms with E-state index in [1.807, 2.05) is 36.4 Å². The van der Waals surface area contributed by atoms with Crippen molar-refractivity contribution in [2.45, 2.75) is 12.8 Å². The number of fused-ring (bicyclic) bond motifs is 2. The first-order chi connectivity index (χ1) is 9.66. The Balaban J connectivity index is 0.000000328. The van der Waals surface area contributed by atoms with E-state index in [1.165, 1.54) is 11.1 Å². The highest BCUT2D eigenvalue weighted by Gasteiger charge is 2.12. The molecular weight excluding hydrogens is 260 g/mol. The molecule has 20 heavy (non-hydrogen) atoms. The summed E-state index contributed by atoms with van der Waals surface area (Å²) in [6, 6.07) is 16.0.